The van der Waals surface area contributed by atoms with Crippen LogP contribution < -0.4 is 11.2 Å². The lowest BCUT2D eigenvalue weighted by atomic mass is 9.85. The van der Waals surface area contributed by atoms with E-state index in [1.165, 1.54) is 17.9 Å². The number of aliphatic hydroxyl groups excluding tert-OH is 2. The normalized spacial score (nSPS) is 38.1. The van der Waals surface area contributed by atoms with Crippen molar-refractivity contribution in [3.05, 3.63) is 32.6 Å². The van der Waals surface area contributed by atoms with Crippen molar-refractivity contribution < 1.29 is 19.7 Å². The van der Waals surface area contributed by atoms with E-state index in [0.717, 1.165) is 0 Å². The van der Waals surface area contributed by atoms with Gasteiger partial charge in [-0.2, -0.15) is 0 Å². The Bertz CT molecular complexity index is 667. The smallest absolute Gasteiger partial charge is 0.328 e. The number of hydrogen-bond donors (Lipinski definition) is 3. The molecule has 0 spiro atoms. The summed E-state index contributed by atoms with van der Waals surface area (Å²) in [7, 11) is 1.45. The van der Waals surface area contributed by atoms with Crippen LogP contribution in [0.1, 0.15) is 18.0 Å². The van der Waals surface area contributed by atoms with Crippen molar-refractivity contribution in [2.45, 2.75) is 37.9 Å². The molecule has 8 nitrogen and oxygen atoms in total. The molecule has 2 heterocycles. The molecule has 21 heavy (non-hydrogen) atoms. The number of aryl methyl sites for hydroxylation is 1. The van der Waals surface area contributed by atoms with Gasteiger partial charge in [-0.05, 0) is 13.3 Å². The van der Waals surface area contributed by atoms with Crippen LogP contribution in [0.4, 0.5) is 0 Å². The van der Waals surface area contributed by atoms with Crippen LogP contribution in [0.5, 0.6) is 0 Å². The Morgan fingerprint density at radius 3 is 2.90 bits per heavy atom. The summed E-state index contributed by atoms with van der Waals surface area (Å²) in [4.78, 5) is 25.7. The minimum atomic E-state index is -0.951. The Morgan fingerprint density at radius 2 is 2.29 bits per heavy atom. The van der Waals surface area contributed by atoms with Gasteiger partial charge in [-0.1, -0.05) is 0 Å². The lowest BCUT2D eigenvalue weighted by Gasteiger charge is -2.35. The lowest BCUT2D eigenvalue weighted by molar-refractivity contribution is -0.200. The molecule has 0 aromatic carbocycles. The number of aromatic nitrogens is 2. The summed E-state index contributed by atoms with van der Waals surface area (Å²) < 4.78 is 12.2. The van der Waals surface area contributed by atoms with Crippen molar-refractivity contribution in [2.24, 2.45) is 5.41 Å². The molecule has 8 heteroatoms. The molecule has 5 atom stereocenters. The molecule has 2 bridgehead atoms. The molecule has 1 aliphatic carbocycles. The van der Waals surface area contributed by atoms with Crippen LogP contribution in [-0.2, 0) is 9.47 Å². The molecule has 0 radical (unpaired) electrons. The van der Waals surface area contributed by atoms with E-state index < -0.39 is 41.2 Å². The number of ether oxygens (including phenoxy) is 2. The molecule has 1 aliphatic heterocycles. The van der Waals surface area contributed by atoms with Crippen LogP contribution in [0.25, 0.3) is 0 Å². The summed E-state index contributed by atoms with van der Waals surface area (Å²) in [6.45, 7) is 1.29. The van der Waals surface area contributed by atoms with E-state index in [9.17, 15) is 19.8 Å². The predicted molar refractivity (Wildman–Crippen MR) is 70.9 cm³/mol. The van der Waals surface area contributed by atoms with Gasteiger partial charge in [0, 0.05) is 18.9 Å². The summed E-state index contributed by atoms with van der Waals surface area (Å²) in [5.74, 6) is 0. The van der Waals surface area contributed by atoms with Gasteiger partial charge >= 0.3 is 5.69 Å². The molecule has 0 amide bonds. The van der Waals surface area contributed by atoms with E-state index >= 15 is 0 Å². The minimum Gasteiger partial charge on any atom is -0.395 e. The predicted octanol–water partition coefficient (Wildman–Crippen LogP) is -1.50. The second kappa shape index (κ2) is 4.77. The maximum Gasteiger partial charge on any atom is 0.328 e. The van der Waals surface area contributed by atoms with Gasteiger partial charge in [0.1, 0.15) is 6.10 Å². The average molecular weight is 298 g/mol. The van der Waals surface area contributed by atoms with E-state index in [1.807, 2.05) is 0 Å². The van der Waals surface area contributed by atoms with Gasteiger partial charge in [-0.15, -0.1) is 0 Å². The molecule has 1 saturated heterocycles. The number of rotatable bonds is 3. The molecule has 3 N–H and O–H groups in total. The Hall–Kier alpha value is -1.48. The van der Waals surface area contributed by atoms with E-state index in [0.29, 0.717) is 12.0 Å². The van der Waals surface area contributed by atoms with Gasteiger partial charge < -0.3 is 19.7 Å². The van der Waals surface area contributed by atoms with Crippen molar-refractivity contribution in [1.29, 1.82) is 0 Å². The summed E-state index contributed by atoms with van der Waals surface area (Å²) in [5, 5.41) is 20.1. The third-order valence-corrected chi connectivity index (χ3v) is 4.63. The Kier molecular flexibility index (Phi) is 3.28. The van der Waals surface area contributed by atoms with Gasteiger partial charge in [0.15, 0.2) is 6.29 Å². The second-order valence-electron chi connectivity index (χ2n) is 5.75. The van der Waals surface area contributed by atoms with Crippen LogP contribution in [0.2, 0.25) is 0 Å². The average Bonchev–Trinajstić information content (AvgIpc) is 2.90. The zero-order valence-electron chi connectivity index (χ0n) is 11.8. The lowest BCUT2D eigenvalue weighted by Crippen LogP contribution is -2.44. The zero-order valence-corrected chi connectivity index (χ0v) is 11.8. The van der Waals surface area contributed by atoms with E-state index in [-0.39, 0.29) is 6.61 Å². The molecule has 3 rings (SSSR count). The van der Waals surface area contributed by atoms with Crippen molar-refractivity contribution in [2.75, 3.05) is 13.7 Å². The van der Waals surface area contributed by atoms with Crippen molar-refractivity contribution in [3.8, 4) is 0 Å². The molecule has 2 unspecified atom stereocenters. The number of aliphatic hydroxyl groups is 2. The van der Waals surface area contributed by atoms with Crippen molar-refractivity contribution >= 4 is 0 Å². The number of hydrogen-bond acceptors (Lipinski definition) is 6. The van der Waals surface area contributed by atoms with Gasteiger partial charge in [-0.3, -0.25) is 14.3 Å². The van der Waals surface area contributed by atoms with Crippen LogP contribution in [0, 0.1) is 12.3 Å². The highest BCUT2D eigenvalue weighted by Gasteiger charge is 2.65. The molecule has 2 aliphatic rings. The van der Waals surface area contributed by atoms with Crippen LogP contribution in [0.3, 0.4) is 0 Å². The topological polar surface area (TPSA) is 114 Å². The fourth-order valence-corrected chi connectivity index (χ4v) is 3.45. The quantitative estimate of drug-likeness (QED) is 0.626. The number of fused-ring (bicyclic) bond motifs is 2. The number of methoxy groups -OCH3 is 1. The molecule has 1 aromatic heterocycles. The number of nitrogens with zero attached hydrogens (tertiary/aromatic N) is 1. The third-order valence-electron chi connectivity index (χ3n) is 4.63. The number of aromatic amines is 1. The fraction of sp³-hybridized carbons (Fsp3) is 0.692. The Labute approximate surface area is 119 Å². The highest BCUT2D eigenvalue weighted by molar-refractivity contribution is 5.13. The van der Waals surface area contributed by atoms with Gasteiger partial charge in [-0.25, -0.2) is 4.79 Å². The van der Waals surface area contributed by atoms with Crippen molar-refractivity contribution in [3.63, 3.8) is 0 Å². The number of H-pyrrole nitrogens is 1. The number of nitrogens with one attached hydrogen (secondary N) is 1. The molecular weight excluding hydrogens is 280 g/mol. The summed E-state index contributed by atoms with van der Waals surface area (Å²) in [5.41, 5.74) is -1.55. The Morgan fingerprint density at radius 1 is 1.57 bits per heavy atom. The molecule has 116 valence electrons. The largest absolute Gasteiger partial charge is 0.395 e. The van der Waals surface area contributed by atoms with Gasteiger partial charge in [0.2, 0.25) is 0 Å². The standard InChI is InChI=1S/C13H18N2O6/c1-6-4-15(12(19)14-10(6)18)7-3-13(5-16)9(17)8(7)21-11(13)20-2/h4,7-9,11,16-17H,3,5H2,1-2H3,(H,14,18,19)/t7-,8?,9-,11?,13+/m1/s1. The van der Waals surface area contributed by atoms with E-state index in [1.54, 1.807) is 6.92 Å². The monoisotopic (exact) mass is 298 g/mol. The van der Waals surface area contributed by atoms with Crippen LogP contribution in [0.15, 0.2) is 15.8 Å². The molecule has 1 aromatic rings. The first-order chi connectivity index (χ1) is 9.94. The van der Waals surface area contributed by atoms with Crippen molar-refractivity contribution in [1.82, 2.24) is 9.55 Å². The van der Waals surface area contributed by atoms with Gasteiger partial charge in [0.05, 0.1) is 24.2 Å². The minimum absolute atomic E-state index is 0.309. The first-order valence-electron chi connectivity index (χ1n) is 6.74. The summed E-state index contributed by atoms with van der Waals surface area (Å²) >= 11 is 0. The first-order valence-corrected chi connectivity index (χ1v) is 6.74. The first kappa shape index (κ1) is 14.5. The maximum atomic E-state index is 12.0. The summed E-state index contributed by atoms with van der Waals surface area (Å²) in [6, 6.07) is -0.457. The second-order valence-corrected chi connectivity index (χ2v) is 5.75. The van der Waals surface area contributed by atoms with Gasteiger partial charge in [0.25, 0.3) is 5.56 Å². The molecule has 2 fully saturated rings. The Balaban J connectivity index is 2.03. The van der Waals surface area contributed by atoms with Crippen LogP contribution >= 0.6 is 0 Å². The highest BCUT2D eigenvalue weighted by Crippen LogP contribution is 2.54. The maximum absolute atomic E-state index is 12.0. The highest BCUT2D eigenvalue weighted by atomic mass is 16.7. The zero-order chi connectivity index (χ0) is 15.4. The summed E-state index contributed by atoms with van der Waals surface area (Å²) in [6.07, 6.45) is -0.519. The molecule has 1 saturated carbocycles. The SMILES string of the molecule is COC1OC2[C@H](n3cc(C)c(=O)[nH]c3=O)C[C@]1(CO)[C@@H]2O. The molecular formula is C13H18N2O6. The third kappa shape index (κ3) is 1.83. The van der Waals surface area contributed by atoms with E-state index in [2.05, 4.69) is 4.98 Å². The van der Waals surface area contributed by atoms with E-state index in [4.69, 9.17) is 9.47 Å². The fourth-order valence-electron chi connectivity index (χ4n) is 3.45. The van der Waals surface area contributed by atoms with Crippen LogP contribution in [-0.4, -0.2) is 52.0 Å².